The van der Waals surface area contributed by atoms with Crippen molar-refractivity contribution in [3.8, 4) is 5.75 Å². The van der Waals surface area contributed by atoms with Crippen molar-refractivity contribution >= 4 is 8.80 Å². The van der Waals surface area contributed by atoms with Gasteiger partial charge in [-0.05, 0) is 12.1 Å². The Labute approximate surface area is 121 Å². The summed E-state index contributed by atoms with van der Waals surface area (Å²) in [6.07, 6.45) is 0. The van der Waals surface area contributed by atoms with Gasteiger partial charge in [0.2, 0.25) is 0 Å². The molecule has 0 saturated carbocycles. The molecular formula is C16H31O2Si. The van der Waals surface area contributed by atoms with Crippen molar-refractivity contribution in [2.45, 2.75) is 58.2 Å². The van der Waals surface area contributed by atoms with Gasteiger partial charge in [-0.25, -0.2) is 0 Å². The second-order valence-corrected chi connectivity index (χ2v) is 9.95. The van der Waals surface area contributed by atoms with Crippen molar-refractivity contribution in [1.82, 2.24) is 0 Å². The van der Waals surface area contributed by atoms with Gasteiger partial charge in [-0.15, -0.1) is 0 Å². The summed E-state index contributed by atoms with van der Waals surface area (Å²) in [7, 11) is 1.57. The van der Waals surface area contributed by atoms with Crippen LogP contribution in [0.3, 0.4) is 0 Å². The number of hydrogen-bond acceptors (Lipinski definition) is 1. The Morgan fingerprint density at radius 1 is 0.789 bits per heavy atom. The van der Waals surface area contributed by atoms with Crippen molar-refractivity contribution in [3.05, 3.63) is 30.3 Å². The van der Waals surface area contributed by atoms with E-state index in [9.17, 15) is 0 Å². The van der Waals surface area contributed by atoms with Gasteiger partial charge in [-0.2, -0.15) is 0 Å². The van der Waals surface area contributed by atoms with E-state index in [4.69, 9.17) is 4.74 Å². The molecule has 0 aliphatic rings. The zero-order chi connectivity index (χ0) is 14.1. The highest BCUT2D eigenvalue weighted by Gasteiger charge is 2.22. The lowest BCUT2D eigenvalue weighted by Crippen LogP contribution is -2.24. The molecule has 0 aliphatic carbocycles. The molecule has 0 bridgehead atoms. The van der Waals surface area contributed by atoms with Gasteiger partial charge in [0.15, 0.2) is 0 Å². The van der Waals surface area contributed by atoms with Crippen LogP contribution in [0.25, 0.3) is 0 Å². The van der Waals surface area contributed by atoms with E-state index < -0.39 is 0 Å². The lowest BCUT2D eigenvalue weighted by atomic mass is 10.3. The zero-order valence-corrected chi connectivity index (χ0v) is 14.5. The van der Waals surface area contributed by atoms with Gasteiger partial charge in [0.05, 0.1) is 15.9 Å². The Morgan fingerprint density at radius 3 is 1.32 bits per heavy atom. The smallest absolute Gasteiger partial charge is 0.118 e. The predicted octanol–water partition coefficient (Wildman–Crippen LogP) is 4.58. The molecule has 0 heterocycles. The largest absolute Gasteiger partial charge is 0.497 e. The minimum absolute atomic E-state index is 0. The van der Waals surface area contributed by atoms with Crippen LogP contribution in [0.1, 0.15) is 41.5 Å². The first-order valence-corrected chi connectivity index (χ1v) is 8.59. The topological polar surface area (TPSA) is 40.7 Å². The Bertz CT molecular complexity index is 278. The zero-order valence-electron chi connectivity index (χ0n) is 13.5. The molecule has 0 aromatic heterocycles. The molecule has 0 spiro atoms. The highest BCUT2D eigenvalue weighted by atomic mass is 28.3. The third-order valence-electron chi connectivity index (χ3n) is 2.98. The molecule has 3 heteroatoms. The SMILES string of the molecule is CC(C)[Si](C(C)C)C(C)C.COc1ccccc1.O. The van der Waals surface area contributed by atoms with Crippen LogP contribution in [0.2, 0.25) is 16.6 Å². The fraction of sp³-hybridized carbons (Fsp3) is 0.625. The molecule has 1 radical (unpaired) electrons. The van der Waals surface area contributed by atoms with Crippen molar-refractivity contribution in [1.29, 1.82) is 0 Å². The molecule has 2 N–H and O–H groups in total. The summed E-state index contributed by atoms with van der Waals surface area (Å²) in [6, 6.07) is 9.68. The maximum atomic E-state index is 4.91. The van der Waals surface area contributed by atoms with Crippen molar-refractivity contribution < 1.29 is 10.2 Å². The minimum Gasteiger partial charge on any atom is -0.497 e. The summed E-state index contributed by atoms with van der Waals surface area (Å²) in [4.78, 5) is 0. The molecule has 1 rings (SSSR count). The minimum atomic E-state index is -0.0957. The molecule has 1 aromatic rings. The summed E-state index contributed by atoms with van der Waals surface area (Å²) in [5, 5.41) is 0. The number of hydrogen-bond donors (Lipinski definition) is 0. The Balaban J connectivity index is 0. The summed E-state index contributed by atoms with van der Waals surface area (Å²) in [5.74, 6) is 0.910. The van der Waals surface area contributed by atoms with Crippen molar-refractivity contribution in [3.63, 3.8) is 0 Å². The van der Waals surface area contributed by atoms with E-state index in [1.807, 2.05) is 30.3 Å². The summed E-state index contributed by atoms with van der Waals surface area (Å²) in [5.41, 5.74) is 2.81. The molecule has 0 amide bonds. The van der Waals surface area contributed by atoms with Crippen LogP contribution in [0, 0.1) is 0 Å². The predicted molar refractivity (Wildman–Crippen MR) is 87.7 cm³/mol. The van der Waals surface area contributed by atoms with Crippen LogP contribution in [0.4, 0.5) is 0 Å². The molecule has 0 unspecified atom stereocenters. The van der Waals surface area contributed by atoms with Crippen molar-refractivity contribution in [2.75, 3.05) is 7.11 Å². The summed E-state index contributed by atoms with van der Waals surface area (Å²) < 4.78 is 4.91. The number of rotatable bonds is 4. The first-order valence-electron chi connectivity index (χ1n) is 6.85. The molecular weight excluding hydrogens is 252 g/mol. The van der Waals surface area contributed by atoms with Gasteiger partial charge in [-0.1, -0.05) is 76.4 Å². The van der Waals surface area contributed by atoms with Crippen LogP contribution in [0.15, 0.2) is 30.3 Å². The first-order chi connectivity index (χ1) is 8.40. The van der Waals surface area contributed by atoms with Crippen LogP contribution < -0.4 is 4.74 Å². The normalized spacial score (nSPS) is 10.3. The molecule has 0 atom stereocenters. The molecule has 0 fully saturated rings. The van der Waals surface area contributed by atoms with E-state index in [0.717, 1.165) is 22.4 Å². The monoisotopic (exact) mass is 283 g/mol. The molecule has 1 aromatic carbocycles. The Morgan fingerprint density at radius 2 is 1.16 bits per heavy atom. The molecule has 2 nitrogen and oxygen atoms in total. The number of para-hydroxylation sites is 1. The van der Waals surface area contributed by atoms with Crippen LogP contribution in [-0.2, 0) is 0 Å². The fourth-order valence-corrected chi connectivity index (χ4v) is 6.56. The van der Waals surface area contributed by atoms with E-state index in [-0.39, 0.29) is 14.3 Å². The van der Waals surface area contributed by atoms with Crippen LogP contribution in [0.5, 0.6) is 5.75 Å². The second-order valence-electron chi connectivity index (χ2n) is 5.48. The van der Waals surface area contributed by atoms with E-state index in [1.54, 1.807) is 7.11 Å². The Kier molecular flexibility index (Phi) is 11.9. The van der Waals surface area contributed by atoms with Crippen LogP contribution >= 0.6 is 0 Å². The standard InChI is InChI=1S/C9H21Si.C7H8O.H2O/c1-7(2)10(8(3)4)9(5)6;1-8-7-5-3-2-4-6-7;/h7-9H,1-6H3;2-6H,1H3;1H2. The third-order valence-corrected chi connectivity index (χ3v) is 6.98. The van der Waals surface area contributed by atoms with Gasteiger partial charge >= 0.3 is 0 Å². The molecule has 19 heavy (non-hydrogen) atoms. The number of benzene rings is 1. The van der Waals surface area contributed by atoms with E-state index in [2.05, 4.69) is 41.5 Å². The van der Waals surface area contributed by atoms with Crippen molar-refractivity contribution in [2.24, 2.45) is 0 Å². The number of methoxy groups -OCH3 is 1. The van der Waals surface area contributed by atoms with Gasteiger partial charge in [0.1, 0.15) is 5.75 Å². The van der Waals surface area contributed by atoms with Gasteiger partial charge < -0.3 is 10.2 Å². The quantitative estimate of drug-likeness (QED) is 0.745. The lowest BCUT2D eigenvalue weighted by molar-refractivity contribution is 0.415. The van der Waals surface area contributed by atoms with E-state index >= 15 is 0 Å². The summed E-state index contributed by atoms with van der Waals surface area (Å²) >= 11 is 0. The van der Waals surface area contributed by atoms with Gasteiger partial charge in [0, 0.05) is 0 Å². The first kappa shape index (κ1) is 20.5. The summed E-state index contributed by atoms with van der Waals surface area (Å²) in [6.45, 7) is 14.2. The third kappa shape index (κ3) is 8.84. The fourth-order valence-electron chi connectivity index (χ4n) is 2.56. The second kappa shape index (κ2) is 11.1. The van der Waals surface area contributed by atoms with E-state index in [1.165, 1.54) is 0 Å². The number of ether oxygens (including phenoxy) is 1. The lowest BCUT2D eigenvalue weighted by Gasteiger charge is -2.26. The average molecular weight is 284 g/mol. The highest BCUT2D eigenvalue weighted by Crippen LogP contribution is 2.28. The Hall–Kier alpha value is -0.803. The van der Waals surface area contributed by atoms with E-state index in [0.29, 0.717) is 0 Å². The molecule has 0 aliphatic heterocycles. The maximum absolute atomic E-state index is 4.91. The van der Waals surface area contributed by atoms with Gasteiger partial charge in [0.25, 0.3) is 0 Å². The highest BCUT2D eigenvalue weighted by molar-refractivity contribution is 6.63. The average Bonchev–Trinajstić information content (AvgIpc) is 2.29. The van der Waals surface area contributed by atoms with Crippen LogP contribution in [-0.4, -0.2) is 21.4 Å². The maximum Gasteiger partial charge on any atom is 0.118 e. The molecule has 111 valence electrons. The molecule has 0 saturated heterocycles. The van der Waals surface area contributed by atoms with Gasteiger partial charge in [-0.3, -0.25) is 0 Å².